The van der Waals surface area contributed by atoms with Crippen LogP contribution in [-0.4, -0.2) is 22.2 Å². The molecule has 1 aromatic carbocycles. The van der Waals surface area contributed by atoms with Crippen LogP contribution in [0, 0.1) is 0 Å². The molecule has 0 aliphatic heterocycles. The number of rotatable bonds is 4. The van der Waals surface area contributed by atoms with Crippen molar-refractivity contribution in [3.05, 3.63) is 30.5 Å². The fraction of sp³-hybridized carbons (Fsp3) is 0.250. The Morgan fingerprint density at radius 2 is 2.11 bits per heavy atom. The van der Waals surface area contributed by atoms with Crippen molar-refractivity contribution in [1.29, 1.82) is 0 Å². The van der Waals surface area contributed by atoms with Crippen LogP contribution in [0.5, 0.6) is 0 Å². The highest BCUT2D eigenvalue weighted by Crippen LogP contribution is 2.23. The Morgan fingerprint density at radius 1 is 1.33 bits per heavy atom. The average Bonchev–Trinajstić information content (AvgIpc) is 2.91. The van der Waals surface area contributed by atoms with Crippen molar-refractivity contribution in [2.75, 3.05) is 11.9 Å². The summed E-state index contributed by atoms with van der Waals surface area (Å²) < 4.78 is 3.82. The molecule has 6 heteroatoms. The molecule has 5 nitrogen and oxygen atoms in total. The number of amides is 2. The molecule has 2 amide bonds. The molecule has 1 aromatic heterocycles. The van der Waals surface area contributed by atoms with E-state index in [2.05, 4.69) is 20.2 Å². The number of urea groups is 1. The maximum absolute atomic E-state index is 11.4. The molecule has 0 bridgehead atoms. The molecule has 94 valence electrons. The zero-order valence-electron chi connectivity index (χ0n) is 10.0. The third kappa shape index (κ3) is 3.27. The van der Waals surface area contributed by atoms with Crippen LogP contribution in [0.1, 0.15) is 13.3 Å². The first-order valence-corrected chi connectivity index (χ1v) is 6.49. The number of benzene rings is 1. The van der Waals surface area contributed by atoms with Gasteiger partial charge in [-0.25, -0.2) is 4.79 Å². The third-order valence-corrected chi connectivity index (χ3v) is 3.04. The van der Waals surface area contributed by atoms with Gasteiger partial charge in [0, 0.05) is 12.2 Å². The molecule has 0 radical (unpaired) electrons. The summed E-state index contributed by atoms with van der Waals surface area (Å²) in [6.07, 6.45) is 2.64. The van der Waals surface area contributed by atoms with Crippen LogP contribution in [-0.2, 0) is 0 Å². The van der Waals surface area contributed by atoms with Gasteiger partial charge in [-0.3, -0.25) is 0 Å². The summed E-state index contributed by atoms with van der Waals surface area (Å²) in [6.45, 7) is 2.69. The number of hydrogen-bond acceptors (Lipinski definition) is 4. The highest BCUT2D eigenvalue weighted by atomic mass is 32.1. The minimum absolute atomic E-state index is 0.177. The van der Waals surface area contributed by atoms with E-state index in [0.29, 0.717) is 6.54 Å². The molecule has 18 heavy (non-hydrogen) atoms. The highest BCUT2D eigenvalue weighted by molar-refractivity contribution is 7.09. The van der Waals surface area contributed by atoms with E-state index in [4.69, 9.17) is 0 Å². The molecule has 2 rings (SSSR count). The van der Waals surface area contributed by atoms with E-state index in [9.17, 15) is 4.79 Å². The molecule has 1 heterocycles. The van der Waals surface area contributed by atoms with E-state index in [1.165, 1.54) is 11.5 Å². The van der Waals surface area contributed by atoms with Crippen LogP contribution in [0.25, 0.3) is 10.4 Å². The van der Waals surface area contributed by atoms with Gasteiger partial charge in [-0.05, 0) is 35.6 Å². The fourth-order valence-corrected chi connectivity index (χ4v) is 1.94. The number of anilines is 1. The van der Waals surface area contributed by atoms with Gasteiger partial charge in [0.15, 0.2) is 0 Å². The Labute approximate surface area is 109 Å². The SMILES string of the molecule is CCCNC(=O)Nc1ccc(-c2cnns2)cc1. The van der Waals surface area contributed by atoms with Crippen molar-refractivity contribution in [2.24, 2.45) is 0 Å². The standard InChI is InChI=1S/C12H14N4OS/c1-2-7-13-12(17)15-10-5-3-9(4-6-10)11-8-14-16-18-11/h3-6,8H,2,7H2,1H3,(H2,13,15,17). The summed E-state index contributed by atoms with van der Waals surface area (Å²) in [4.78, 5) is 12.5. The third-order valence-electron chi connectivity index (χ3n) is 2.32. The van der Waals surface area contributed by atoms with Crippen molar-refractivity contribution in [1.82, 2.24) is 14.9 Å². The van der Waals surface area contributed by atoms with Gasteiger partial charge in [0.2, 0.25) is 0 Å². The molecule has 0 saturated carbocycles. The van der Waals surface area contributed by atoms with E-state index >= 15 is 0 Å². The molecule has 0 atom stereocenters. The summed E-state index contributed by atoms with van der Waals surface area (Å²) in [7, 11) is 0. The largest absolute Gasteiger partial charge is 0.338 e. The first-order valence-electron chi connectivity index (χ1n) is 5.72. The van der Waals surface area contributed by atoms with Crippen LogP contribution < -0.4 is 10.6 Å². The second-order valence-corrected chi connectivity index (χ2v) is 4.53. The number of hydrogen-bond donors (Lipinski definition) is 2. The summed E-state index contributed by atoms with van der Waals surface area (Å²) >= 11 is 1.35. The summed E-state index contributed by atoms with van der Waals surface area (Å²) in [5, 5.41) is 9.32. The second kappa shape index (κ2) is 6.11. The molecule has 2 N–H and O–H groups in total. The van der Waals surface area contributed by atoms with E-state index in [1.54, 1.807) is 6.20 Å². The first-order chi connectivity index (χ1) is 8.79. The van der Waals surface area contributed by atoms with Crippen molar-refractivity contribution >= 4 is 23.3 Å². The van der Waals surface area contributed by atoms with Crippen LogP contribution in [0.3, 0.4) is 0 Å². The predicted molar refractivity (Wildman–Crippen MR) is 72.7 cm³/mol. The lowest BCUT2D eigenvalue weighted by atomic mass is 10.2. The van der Waals surface area contributed by atoms with Gasteiger partial charge < -0.3 is 10.6 Å². The van der Waals surface area contributed by atoms with Gasteiger partial charge in [0.25, 0.3) is 0 Å². The molecule has 0 fully saturated rings. The second-order valence-electron chi connectivity index (χ2n) is 3.74. The number of nitrogens with zero attached hydrogens (tertiary/aromatic N) is 2. The molecule has 0 saturated heterocycles. The Balaban J connectivity index is 1.98. The Kier molecular flexibility index (Phi) is 4.25. The molecule has 2 aromatic rings. The van der Waals surface area contributed by atoms with Crippen LogP contribution >= 0.6 is 11.5 Å². The Bertz CT molecular complexity index is 495. The maximum Gasteiger partial charge on any atom is 0.319 e. The molecule has 0 spiro atoms. The Morgan fingerprint density at radius 3 is 2.72 bits per heavy atom. The fourth-order valence-electron chi connectivity index (χ4n) is 1.43. The maximum atomic E-state index is 11.4. The van der Waals surface area contributed by atoms with E-state index in [-0.39, 0.29) is 6.03 Å². The van der Waals surface area contributed by atoms with Crippen LogP contribution in [0.4, 0.5) is 10.5 Å². The Hall–Kier alpha value is -1.95. The van der Waals surface area contributed by atoms with Gasteiger partial charge in [0.1, 0.15) is 0 Å². The minimum Gasteiger partial charge on any atom is -0.338 e. The number of aromatic nitrogens is 2. The van der Waals surface area contributed by atoms with Crippen molar-refractivity contribution in [3.63, 3.8) is 0 Å². The first kappa shape index (κ1) is 12.5. The molecular formula is C12H14N4OS. The number of nitrogens with one attached hydrogen (secondary N) is 2. The van der Waals surface area contributed by atoms with Gasteiger partial charge >= 0.3 is 6.03 Å². The van der Waals surface area contributed by atoms with E-state index < -0.39 is 0 Å². The molecule has 0 aliphatic rings. The monoisotopic (exact) mass is 262 g/mol. The van der Waals surface area contributed by atoms with Gasteiger partial charge in [-0.1, -0.05) is 23.5 Å². The minimum atomic E-state index is -0.177. The van der Waals surface area contributed by atoms with E-state index in [0.717, 1.165) is 22.5 Å². The molecular weight excluding hydrogens is 248 g/mol. The zero-order chi connectivity index (χ0) is 12.8. The molecule has 0 unspecified atom stereocenters. The van der Waals surface area contributed by atoms with Gasteiger partial charge in [-0.2, -0.15) is 0 Å². The number of carbonyl (C=O) groups is 1. The normalized spacial score (nSPS) is 10.1. The topological polar surface area (TPSA) is 66.9 Å². The quantitative estimate of drug-likeness (QED) is 0.890. The van der Waals surface area contributed by atoms with Crippen molar-refractivity contribution in [2.45, 2.75) is 13.3 Å². The zero-order valence-corrected chi connectivity index (χ0v) is 10.8. The van der Waals surface area contributed by atoms with Crippen LogP contribution in [0.2, 0.25) is 0 Å². The predicted octanol–water partition coefficient (Wildman–Crippen LogP) is 2.74. The lowest BCUT2D eigenvalue weighted by Gasteiger charge is -2.06. The lowest BCUT2D eigenvalue weighted by Crippen LogP contribution is -2.29. The average molecular weight is 262 g/mol. The van der Waals surface area contributed by atoms with E-state index in [1.807, 2.05) is 31.2 Å². The summed E-state index contributed by atoms with van der Waals surface area (Å²) in [5.41, 5.74) is 1.81. The lowest BCUT2D eigenvalue weighted by molar-refractivity contribution is 0.252. The van der Waals surface area contributed by atoms with Crippen molar-refractivity contribution < 1.29 is 4.79 Å². The molecule has 0 aliphatic carbocycles. The summed E-state index contributed by atoms with van der Waals surface area (Å²) in [6, 6.07) is 7.42. The van der Waals surface area contributed by atoms with Crippen LogP contribution in [0.15, 0.2) is 30.5 Å². The smallest absolute Gasteiger partial charge is 0.319 e. The number of carbonyl (C=O) groups excluding carboxylic acids is 1. The summed E-state index contributed by atoms with van der Waals surface area (Å²) in [5.74, 6) is 0. The highest BCUT2D eigenvalue weighted by Gasteiger charge is 2.02. The van der Waals surface area contributed by atoms with Gasteiger partial charge in [-0.15, -0.1) is 5.10 Å². The van der Waals surface area contributed by atoms with Crippen molar-refractivity contribution in [3.8, 4) is 10.4 Å². The van der Waals surface area contributed by atoms with Gasteiger partial charge in [0.05, 0.1) is 11.1 Å².